The van der Waals surface area contributed by atoms with E-state index in [1.807, 2.05) is 60.7 Å². The van der Waals surface area contributed by atoms with Crippen molar-refractivity contribution in [2.24, 2.45) is 0 Å². The van der Waals surface area contributed by atoms with E-state index < -0.39 is 11.9 Å². The number of carboxylic acids is 1. The summed E-state index contributed by atoms with van der Waals surface area (Å²) < 4.78 is 5.19. The first-order valence-corrected chi connectivity index (χ1v) is 10.2. The van der Waals surface area contributed by atoms with Gasteiger partial charge in [-0.25, -0.2) is 9.97 Å². The zero-order valence-corrected chi connectivity index (χ0v) is 17.6. The number of nitrogen functional groups attached to an aromatic ring is 1. The van der Waals surface area contributed by atoms with Crippen LogP contribution in [0.3, 0.4) is 0 Å². The summed E-state index contributed by atoms with van der Waals surface area (Å²) in [6.45, 7) is 0. The molecule has 0 fully saturated rings. The third-order valence-electron chi connectivity index (χ3n) is 5.34. The number of aliphatic carboxylic acids is 1. The quantitative estimate of drug-likeness (QED) is 0.441. The second-order valence-electron chi connectivity index (χ2n) is 7.36. The van der Waals surface area contributed by atoms with Crippen LogP contribution in [0.2, 0.25) is 0 Å². The summed E-state index contributed by atoms with van der Waals surface area (Å²) in [5.41, 5.74) is 10.0. The predicted molar refractivity (Wildman–Crippen MR) is 124 cm³/mol. The van der Waals surface area contributed by atoms with Gasteiger partial charge in [-0.1, -0.05) is 72.8 Å². The van der Waals surface area contributed by atoms with Crippen molar-refractivity contribution in [1.29, 1.82) is 0 Å². The van der Waals surface area contributed by atoms with Gasteiger partial charge in [-0.15, -0.1) is 0 Å². The number of hydrogen-bond donors (Lipinski definition) is 2. The summed E-state index contributed by atoms with van der Waals surface area (Å²) >= 11 is 0. The lowest BCUT2D eigenvalue weighted by atomic mass is 9.90. The van der Waals surface area contributed by atoms with Gasteiger partial charge >= 0.3 is 5.97 Å². The predicted octanol–water partition coefficient (Wildman–Crippen LogP) is 4.81. The van der Waals surface area contributed by atoms with E-state index in [1.165, 1.54) is 0 Å². The molecule has 0 saturated heterocycles. The molecule has 0 amide bonds. The topological polar surface area (TPSA) is 98.3 Å². The normalized spacial score (nSPS) is 11.7. The van der Waals surface area contributed by atoms with Gasteiger partial charge < -0.3 is 15.6 Å². The van der Waals surface area contributed by atoms with Gasteiger partial charge in [0.15, 0.2) is 5.82 Å². The summed E-state index contributed by atoms with van der Waals surface area (Å²) in [6.07, 6.45) is 0.160. The molecule has 1 heterocycles. The van der Waals surface area contributed by atoms with Gasteiger partial charge in [-0.05, 0) is 24.1 Å². The highest BCUT2D eigenvalue weighted by Gasteiger charge is 2.25. The van der Waals surface area contributed by atoms with E-state index in [9.17, 15) is 9.90 Å². The van der Waals surface area contributed by atoms with Gasteiger partial charge in [-0.3, -0.25) is 4.79 Å². The molecule has 1 aromatic heterocycles. The maximum Gasteiger partial charge on any atom is 0.311 e. The zero-order chi connectivity index (χ0) is 22.5. The van der Waals surface area contributed by atoms with Crippen molar-refractivity contribution in [3.05, 3.63) is 96.1 Å². The minimum atomic E-state index is -0.944. The third-order valence-corrected chi connectivity index (χ3v) is 5.34. The summed E-state index contributed by atoms with van der Waals surface area (Å²) in [7, 11) is 1.57. The Balaban J connectivity index is 1.82. The Morgan fingerprint density at radius 2 is 1.50 bits per heavy atom. The van der Waals surface area contributed by atoms with Crippen molar-refractivity contribution in [1.82, 2.24) is 9.97 Å². The number of methoxy groups -OCH3 is 1. The first-order valence-electron chi connectivity index (χ1n) is 10.2. The van der Waals surface area contributed by atoms with Crippen LogP contribution in [0, 0.1) is 0 Å². The molecule has 4 rings (SSSR count). The molecular formula is C26H23N3O3. The van der Waals surface area contributed by atoms with Gasteiger partial charge in [0.05, 0.1) is 18.7 Å². The van der Waals surface area contributed by atoms with Gasteiger partial charge in [0.2, 0.25) is 0 Å². The number of ether oxygens (including phenoxy) is 1. The van der Waals surface area contributed by atoms with E-state index in [2.05, 4.69) is 4.98 Å². The number of carboxylic acid groups (broad SMARTS) is 1. The fraction of sp³-hybridized carbons (Fsp3) is 0.115. The average Bonchev–Trinajstić information content (AvgIpc) is 2.84. The molecular weight excluding hydrogens is 402 g/mol. The maximum atomic E-state index is 12.2. The van der Waals surface area contributed by atoms with Crippen LogP contribution in [-0.2, 0) is 11.2 Å². The Kier molecular flexibility index (Phi) is 6.12. The largest absolute Gasteiger partial charge is 0.497 e. The third kappa shape index (κ3) is 4.44. The number of nitrogens with zero attached hydrogens (tertiary/aromatic N) is 2. The van der Waals surface area contributed by atoms with Crippen LogP contribution < -0.4 is 10.5 Å². The number of benzene rings is 3. The molecule has 0 saturated carbocycles. The molecule has 0 aliphatic heterocycles. The van der Waals surface area contributed by atoms with E-state index in [4.69, 9.17) is 15.5 Å². The molecule has 6 nitrogen and oxygen atoms in total. The minimum Gasteiger partial charge on any atom is -0.497 e. The fourth-order valence-corrected chi connectivity index (χ4v) is 3.64. The smallest absolute Gasteiger partial charge is 0.311 e. The summed E-state index contributed by atoms with van der Waals surface area (Å²) in [5.74, 6) is -0.310. The van der Waals surface area contributed by atoms with Gasteiger partial charge in [0.25, 0.3) is 0 Å². The number of anilines is 1. The molecule has 0 bridgehead atoms. The Morgan fingerprint density at radius 1 is 0.906 bits per heavy atom. The number of hydrogen-bond acceptors (Lipinski definition) is 5. The molecule has 3 N–H and O–H groups in total. The second-order valence-corrected chi connectivity index (χ2v) is 7.36. The van der Waals surface area contributed by atoms with Gasteiger partial charge in [0.1, 0.15) is 11.6 Å². The van der Waals surface area contributed by atoms with E-state index >= 15 is 0 Å². The highest BCUT2D eigenvalue weighted by molar-refractivity contribution is 5.79. The molecule has 3 aromatic carbocycles. The summed E-state index contributed by atoms with van der Waals surface area (Å²) in [5, 5.41) is 9.99. The summed E-state index contributed by atoms with van der Waals surface area (Å²) in [4.78, 5) is 21.5. The van der Waals surface area contributed by atoms with Crippen molar-refractivity contribution in [2.45, 2.75) is 12.3 Å². The first-order chi connectivity index (χ1) is 15.6. The molecule has 0 radical (unpaired) electrons. The zero-order valence-electron chi connectivity index (χ0n) is 17.6. The Bertz CT molecular complexity index is 1210. The van der Waals surface area contributed by atoms with E-state index in [1.54, 1.807) is 31.4 Å². The van der Waals surface area contributed by atoms with E-state index in [0.717, 1.165) is 11.1 Å². The molecule has 0 aliphatic carbocycles. The molecule has 0 spiro atoms. The lowest BCUT2D eigenvalue weighted by Crippen LogP contribution is -2.17. The van der Waals surface area contributed by atoms with E-state index in [0.29, 0.717) is 28.4 Å². The fourth-order valence-electron chi connectivity index (χ4n) is 3.64. The highest BCUT2D eigenvalue weighted by atomic mass is 16.5. The Hall–Kier alpha value is -4.19. The molecule has 160 valence electrons. The van der Waals surface area contributed by atoms with Crippen LogP contribution in [0.15, 0.2) is 84.9 Å². The van der Waals surface area contributed by atoms with Gasteiger partial charge in [0, 0.05) is 16.7 Å². The number of nitrogens with two attached hydrogens (primary N) is 1. The Labute approximate surface area is 186 Å². The molecule has 6 heteroatoms. The summed E-state index contributed by atoms with van der Waals surface area (Å²) in [6, 6.07) is 26.2. The molecule has 32 heavy (non-hydrogen) atoms. The molecule has 1 unspecified atom stereocenters. The number of rotatable bonds is 7. The lowest BCUT2D eigenvalue weighted by molar-refractivity contribution is -0.138. The SMILES string of the molecule is COc1ccc(C(Cc2c(N)nc(-c3ccccc3)nc2-c2ccccc2)C(=O)O)cc1. The minimum absolute atomic E-state index is 0.160. The molecule has 4 aromatic rings. The molecule has 1 atom stereocenters. The van der Waals surface area contributed by atoms with Crippen LogP contribution >= 0.6 is 0 Å². The second kappa shape index (κ2) is 9.31. The van der Waals surface area contributed by atoms with Crippen molar-refractivity contribution in [3.8, 4) is 28.4 Å². The van der Waals surface area contributed by atoms with Crippen molar-refractivity contribution < 1.29 is 14.6 Å². The van der Waals surface area contributed by atoms with Crippen LogP contribution in [0.1, 0.15) is 17.0 Å². The van der Waals surface area contributed by atoms with Gasteiger partial charge in [-0.2, -0.15) is 0 Å². The Morgan fingerprint density at radius 3 is 2.06 bits per heavy atom. The van der Waals surface area contributed by atoms with Crippen molar-refractivity contribution in [2.75, 3.05) is 12.8 Å². The standard InChI is InChI=1S/C26H23N3O3/c1-32-20-14-12-17(13-15-20)21(26(30)31)16-22-23(18-8-4-2-5-9-18)28-25(29-24(22)27)19-10-6-3-7-11-19/h2-15,21H,16H2,1H3,(H,30,31)(H2,27,28,29). The maximum absolute atomic E-state index is 12.2. The average molecular weight is 425 g/mol. The lowest BCUT2D eigenvalue weighted by Gasteiger charge is -2.18. The first kappa shape index (κ1) is 21.1. The van der Waals surface area contributed by atoms with Crippen LogP contribution in [0.5, 0.6) is 5.75 Å². The van der Waals surface area contributed by atoms with Crippen LogP contribution in [-0.4, -0.2) is 28.2 Å². The van der Waals surface area contributed by atoms with Crippen LogP contribution in [0.25, 0.3) is 22.6 Å². The van der Waals surface area contributed by atoms with Crippen molar-refractivity contribution >= 4 is 11.8 Å². The van der Waals surface area contributed by atoms with E-state index in [-0.39, 0.29) is 12.2 Å². The van der Waals surface area contributed by atoms with Crippen molar-refractivity contribution in [3.63, 3.8) is 0 Å². The number of aromatic nitrogens is 2. The van der Waals surface area contributed by atoms with Crippen LogP contribution in [0.4, 0.5) is 5.82 Å². The highest BCUT2D eigenvalue weighted by Crippen LogP contribution is 2.33. The monoisotopic (exact) mass is 425 g/mol. The molecule has 0 aliphatic rings. The number of carbonyl (C=O) groups is 1.